The molecule has 0 aromatic carbocycles. The highest BCUT2D eigenvalue weighted by Crippen LogP contribution is 2.31. The van der Waals surface area contributed by atoms with Crippen LogP contribution in [0.1, 0.15) is 32.6 Å². The van der Waals surface area contributed by atoms with E-state index in [2.05, 4.69) is 11.8 Å². The van der Waals surface area contributed by atoms with Gasteiger partial charge in [-0.1, -0.05) is 0 Å². The molecule has 64 valence electrons. The van der Waals surface area contributed by atoms with Gasteiger partial charge in [0.25, 0.3) is 0 Å². The van der Waals surface area contributed by atoms with Crippen molar-refractivity contribution in [2.24, 2.45) is 5.73 Å². The lowest BCUT2D eigenvalue weighted by Gasteiger charge is -2.36. The molecule has 1 aliphatic heterocycles. The van der Waals surface area contributed by atoms with E-state index in [9.17, 15) is 0 Å². The summed E-state index contributed by atoms with van der Waals surface area (Å²) >= 11 is 0. The van der Waals surface area contributed by atoms with E-state index in [1.807, 2.05) is 0 Å². The van der Waals surface area contributed by atoms with E-state index >= 15 is 0 Å². The van der Waals surface area contributed by atoms with Gasteiger partial charge in [-0.25, -0.2) is 0 Å². The normalized spacial score (nSPS) is 32.2. The van der Waals surface area contributed by atoms with E-state index in [4.69, 9.17) is 5.73 Å². The maximum atomic E-state index is 6.03. The van der Waals surface area contributed by atoms with Gasteiger partial charge in [0.2, 0.25) is 0 Å². The van der Waals surface area contributed by atoms with E-state index in [1.165, 1.54) is 38.8 Å². The fourth-order valence-corrected chi connectivity index (χ4v) is 1.84. The maximum absolute atomic E-state index is 6.03. The van der Waals surface area contributed by atoms with Crippen molar-refractivity contribution in [2.45, 2.75) is 44.2 Å². The van der Waals surface area contributed by atoms with Crippen molar-refractivity contribution in [3.8, 4) is 0 Å². The molecule has 0 aromatic rings. The number of nitrogens with zero attached hydrogens (tertiary/aromatic N) is 1. The summed E-state index contributed by atoms with van der Waals surface area (Å²) in [5.41, 5.74) is 6.16. The maximum Gasteiger partial charge on any atom is 0.0150 e. The molecule has 0 amide bonds. The van der Waals surface area contributed by atoms with Gasteiger partial charge in [0.05, 0.1) is 0 Å². The zero-order valence-corrected chi connectivity index (χ0v) is 7.34. The first-order chi connectivity index (χ1) is 5.17. The largest absolute Gasteiger partial charge is 0.325 e. The Kier molecular flexibility index (Phi) is 1.69. The van der Waals surface area contributed by atoms with Crippen LogP contribution in [-0.2, 0) is 0 Å². The van der Waals surface area contributed by atoms with Crippen molar-refractivity contribution in [1.82, 2.24) is 4.90 Å². The van der Waals surface area contributed by atoms with Crippen molar-refractivity contribution in [3.05, 3.63) is 0 Å². The van der Waals surface area contributed by atoms with Crippen LogP contribution in [-0.4, -0.2) is 29.6 Å². The molecule has 1 aliphatic carbocycles. The van der Waals surface area contributed by atoms with E-state index in [0.29, 0.717) is 0 Å². The molecular weight excluding hydrogens is 136 g/mol. The van der Waals surface area contributed by atoms with Crippen molar-refractivity contribution < 1.29 is 0 Å². The van der Waals surface area contributed by atoms with Gasteiger partial charge in [-0.2, -0.15) is 0 Å². The van der Waals surface area contributed by atoms with Gasteiger partial charge in [0, 0.05) is 24.7 Å². The lowest BCUT2D eigenvalue weighted by atomic mass is 9.91. The average Bonchev–Trinajstić information content (AvgIpc) is 2.70. The Hall–Kier alpha value is -0.0800. The minimum atomic E-state index is 0.130. The standard InChI is InChI=1S/C9H18N2/c1-9(10)4-6-11(7-5-9)8-2-3-8/h8H,2-7,10H2,1H3. The first-order valence-corrected chi connectivity index (χ1v) is 4.70. The Morgan fingerprint density at radius 3 is 2.27 bits per heavy atom. The molecular formula is C9H18N2. The predicted molar refractivity (Wildman–Crippen MR) is 46.4 cm³/mol. The van der Waals surface area contributed by atoms with Crippen molar-refractivity contribution >= 4 is 0 Å². The second-order valence-corrected chi connectivity index (χ2v) is 4.42. The van der Waals surface area contributed by atoms with Crippen LogP contribution in [0.3, 0.4) is 0 Å². The van der Waals surface area contributed by atoms with E-state index in [1.54, 1.807) is 0 Å². The Labute approximate surface area is 68.7 Å². The number of nitrogens with two attached hydrogens (primary N) is 1. The highest BCUT2D eigenvalue weighted by Gasteiger charge is 2.34. The zero-order valence-electron chi connectivity index (χ0n) is 7.34. The minimum Gasteiger partial charge on any atom is -0.325 e. The lowest BCUT2D eigenvalue weighted by molar-refractivity contribution is 0.164. The number of rotatable bonds is 1. The highest BCUT2D eigenvalue weighted by molar-refractivity contribution is 4.92. The van der Waals surface area contributed by atoms with Crippen LogP contribution < -0.4 is 5.73 Å². The number of hydrogen-bond acceptors (Lipinski definition) is 2. The molecule has 2 aliphatic rings. The Morgan fingerprint density at radius 1 is 1.27 bits per heavy atom. The number of hydrogen-bond donors (Lipinski definition) is 1. The van der Waals surface area contributed by atoms with Crippen LogP contribution in [0.15, 0.2) is 0 Å². The third-order valence-electron chi connectivity index (χ3n) is 3.00. The molecule has 0 aromatic heterocycles. The zero-order chi connectivity index (χ0) is 7.90. The van der Waals surface area contributed by atoms with E-state index in [0.717, 1.165) is 6.04 Å². The predicted octanol–water partition coefficient (Wildman–Crippen LogP) is 0.962. The van der Waals surface area contributed by atoms with Crippen LogP contribution in [0.5, 0.6) is 0 Å². The van der Waals surface area contributed by atoms with Gasteiger partial charge in [0.1, 0.15) is 0 Å². The van der Waals surface area contributed by atoms with Gasteiger partial charge < -0.3 is 10.6 Å². The van der Waals surface area contributed by atoms with Gasteiger partial charge in [-0.3, -0.25) is 0 Å². The SMILES string of the molecule is CC1(N)CCN(C2CC2)CC1. The first kappa shape index (κ1) is 7.56. The molecule has 0 unspecified atom stereocenters. The molecule has 1 saturated carbocycles. The molecule has 1 saturated heterocycles. The molecule has 2 nitrogen and oxygen atoms in total. The third-order valence-corrected chi connectivity index (χ3v) is 3.00. The summed E-state index contributed by atoms with van der Waals surface area (Å²) in [6, 6.07) is 0.936. The fraction of sp³-hybridized carbons (Fsp3) is 1.00. The molecule has 0 spiro atoms. The quantitative estimate of drug-likeness (QED) is 0.609. The van der Waals surface area contributed by atoms with Crippen LogP contribution in [0.4, 0.5) is 0 Å². The van der Waals surface area contributed by atoms with Crippen LogP contribution in [0, 0.1) is 0 Å². The average molecular weight is 154 g/mol. The highest BCUT2D eigenvalue weighted by atomic mass is 15.2. The molecule has 2 fully saturated rings. The second-order valence-electron chi connectivity index (χ2n) is 4.42. The molecule has 0 atom stereocenters. The van der Waals surface area contributed by atoms with E-state index < -0.39 is 0 Å². The molecule has 1 heterocycles. The first-order valence-electron chi connectivity index (χ1n) is 4.70. The van der Waals surface area contributed by atoms with Gasteiger partial charge in [0.15, 0.2) is 0 Å². The summed E-state index contributed by atoms with van der Waals surface area (Å²) in [6.07, 6.45) is 5.23. The van der Waals surface area contributed by atoms with Crippen LogP contribution in [0.2, 0.25) is 0 Å². The van der Waals surface area contributed by atoms with Crippen molar-refractivity contribution in [3.63, 3.8) is 0 Å². The summed E-state index contributed by atoms with van der Waals surface area (Å²) in [4.78, 5) is 2.61. The fourth-order valence-electron chi connectivity index (χ4n) is 1.84. The third kappa shape index (κ3) is 1.74. The summed E-state index contributed by atoms with van der Waals surface area (Å²) in [6.45, 7) is 4.65. The molecule has 0 radical (unpaired) electrons. The molecule has 2 heteroatoms. The molecule has 11 heavy (non-hydrogen) atoms. The monoisotopic (exact) mass is 154 g/mol. The Morgan fingerprint density at radius 2 is 1.82 bits per heavy atom. The molecule has 2 rings (SSSR count). The Balaban J connectivity index is 1.84. The van der Waals surface area contributed by atoms with Crippen molar-refractivity contribution in [2.75, 3.05) is 13.1 Å². The second kappa shape index (κ2) is 2.46. The smallest absolute Gasteiger partial charge is 0.0150 e. The summed E-state index contributed by atoms with van der Waals surface area (Å²) in [7, 11) is 0. The summed E-state index contributed by atoms with van der Waals surface area (Å²) in [5, 5.41) is 0. The summed E-state index contributed by atoms with van der Waals surface area (Å²) in [5.74, 6) is 0. The molecule has 2 N–H and O–H groups in total. The summed E-state index contributed by atoms with van der Waals surface area (Å²) < 4.78 is 0. The van der Waals surface area contributed by atoms with Gasteiger partial charge in [-0.15, -0.1) is 0 Å². The Bertz CT molecular complexity index is 140. The lowest BCUT2D eigenvalue weighted by Crippen LogP contribution is -2.48. The number of piperidine rings is 1. The van der Waals surface area contributed by atoms with Gasteiger partial charge >= 0.3 is 0 Å². The van der Waals surface area contributed by atoms with Crippen LogP contribution >= 0.6 is 0 Å². The molecule has 0 bridgehead atoms. The minimum absolute atomic E-state index is 0.130. The van der Waals surface area contributed by atoms with Crippen molar-refractivity contribution in [1.29, 1.82) is 0 Å². The van der Waals surface area contributed by atoms with Gasteiger partial charge in [-0.05, 0) is 32.6 Å². The van der Waals surface area contributed by atoms with Crippen LogP contribution in [0.25, 0.3) is 0 Å². The topological polar surface area (TPSA) is 29.3 Å². The number of likely N-dealkylation sites (tertiary alicyclic amines) is 1. The van der Waals surface area contributed by atoms with E-state index in [-0.39, 0.29) is 5.54 Å².